The van der Waals surface area contributed by atoms with Gasteiger partial charge >= 0.3 is 0 Å². The minimum Gasteiger partial charge on any atom is -0.294 e. The summed E-state index contributed by atoms with van der Waals surface area (Å²) in [4.78, 5) is 21.0. The van der Waals surface area contributed by atoms with E-state index in [2.05, 4.69) is 9.98 Å². The highest BCUT2D eigenvalue weighted by Crippen LogP contribution is 2.29. The van der Waals surface area contributed by atoms with Gasteiger partial charge in [0.2, 0.25) is 0 Å². The zero-order chi connectivity index (χ0) is 14.3. The molecule has 20 heavy (non-hydrogen) atoms. The first kappa shape index (κ1) is 12.7. The van der Waals surface area contributed by atoms with E-state index in [1.54, 1.807) is 12.1 Å². The molecule has 0 N–H and O–H groups in total. The van der Waals surface area contributed by atoms with Crippen molar-refractivity contribution >= 4 is 17.3 Å². The molecule has 0 atom stereocenters. The van der Waals surface area contributed by atoms with Crippen molar-refractivity contribution in [1.82, 2.24) is 4.98 Å². The van der Waals surface area contributed by atoms with E-state index in [0.717, 1.165) is 11.3 Å². The van der Waals surface area contributed by atoms with Crippen molar-refractivity contribution < 1.29 is 9.18 Å². The minimum atomic E-state index is -0.336. The quantitative estimate of drug-likeness (QED) is 0.793. The Hall–Kier alpha value is -2.36. The van der Waals surface area contributed by atoms with Gasteiger partial charge in [-0.1, -0.05) is 12.1 Å². The Balaban J connectivity index is 2.16. The molecule has 2 aromatic rings. The van der Waals surface area contributed by atoms with E-state index < -0.39 is 0 Å². The van der Waals surface area contributed by atoms with Gasteiger partial charge in [-0.05, 0) is 43.2 Å². The first-order valence-corrected chi connectivity index (χ1v) is 6.39. The van der Waals surface area contributed by atoms with Crippen molar-refractivity contribution in [3.05, 3.63) is 58.5 Å². The zero-order valence-corrected chi connectivity index (χ0v) is 11.3. The summed E-state index contributed by atoms with van der Waals surface area (Å²) in [5.41, 5.74) is 3.48. The largest absolute Gasteiger partial charge is 0.294 e. The number of carbonyl (C=O) groups excluding carboxylic acids is 1. The van der Waals surface area contributed by atoms with E-state index in [4.69, 9.17) is 0 Å². The van der Waals surface area contributed by atoms with Gasteiger partial charge in [-0.3, -0.25) is 4.79 Å². The van der Waals surface area contributed by atoms with Gasteiger partial charge in [0.05, 0.1) is 17.7 Å². The summed E-state index contributed by atoms with van der Waals surface area (Å²) in [7, 11) is 0. The number of rotatable bonds is 1. The number of Topliss-reactive ketones (excluding diaryl/α,β-unsaturated/α-hetero) is 1. The second-order valence-corrected chi connectivity index (χ2v) is 4.95. The van der Waals surface area contributed by atoms with Crippen LogP contribution in [0.25, 0.3) is 0 Å². The van der Waals surface area contributed by atoms with Crippen LogP contribution in [0.2, 0.25) is 0 Å². The Bertz CT molecular complexity index is 750. The first-order valence-electron chi connectivity index (χ1n) is 6.39. The number of aromatic nitrogens is 1. The van der Waals surface area contributed by atoms with Gasteiger partial charge in [-0.15, -0.1) is 0 Å². The van der Waals surface area contributed by atoms with E-state index in [1.165, 1.54) is 12.1 Å². The summed E-state index contributed by atoms with van der Waals surface area (Å²) in [6, 6.07) is 8.00. The second-order valence-electron chi connectivity index (χ2n) is 4.95. The highest BCUT2D eigenvalue weighted by Gasteiger charge is 2.24. The molecular formula is C16H13FN2O. The Morgan fingerprint density at radius 2 is 2.00 bits per heavy atom. The third-order valence-corrected chi connectivity index (χ3v) is 3.33. The molecule has 1 aromatic heterocycles. The van der Waals surface area contributed by atoms with Crippen LogP contribution >= 0.6 is 0 Å². The summed E-state index contributed by atoms with van der Waals surface area (Å²) in [5, 5.41) is 0. The number of halogens is 1. The molecule has 0 fully saturated rings. The van der Waals surface area contributed by atoms with Crippen molar-refractivity contribution in [2.45, 2.75) is 20.3 Å². The standard InChI is InChI=1S/C16H13FN2O/c1-9-6-10(2)18-16-15(9)14(20)8-13(19-16)11-4-3-5-12(17)7-11/h3-7H,8H2,1-2H3. The summed E-state index contributed by atoms with van der Waals surface area (Å²) in [6.45, 7) is 3.75. The molecule has 1 aliphatic rings. The first-order chi connectivity index (χ1) is 9.54. The van der Waals surface area contributed by atoms with Crippen LogP contribution in [0, 0.1) is 19.7 Å². The third-order valence-electron chi connectivity index (χ3n) is 3.33. The van der Waals surface area contributed by atoms with Crippen LogP contribution in [0.1, 0.15) is 33.6 Å². The molecule has 100 valence electrons. The molecule has 0 spiro atoms. The molecule has 2 heterocycles. The van der Waals surface area contributed by atoms with Crippen LogP contribution in [0.5, 0.6) is 0 Å². The van der Waals surface area contributed by atoms with Crippen molar-refractivity contribution in [3.63, 3.8) is 0 Å². The van der Waals surface area contributed by atoms with Crippen molar-refractivity contribution in [2.24, 2.45) is 4.99 Å². The van der Waals surface area contributed by atoms with E-state index in [-0.39, 0.29) is 18.0 Å². The lowest BCUT2D eigenvalue weighted by molar-refractivity contribution is 0.0999. The van der Waals surface area contributed by atoms with Gasteiger partial charge < -0.3 is 0 Å². The molecule has 1 aliphatic heterocycles. The molecule has 0 radical (unpaired) electrons. The fourth-order valence-corrected chi connectivity index (χ4v) is 2.49. The Labute approximate surface area is 116 Å². The molecule has 0 aliphatic carbocycles. The Kier molecular flexibility index (Phi) is 2.93. The molecule has 1 aromatic carbocycles. The number of nitrogens with zero attached hydrogens (tertiary/aromatic N) is 2. The van der Waals surface area contributed by atoms with Crippen LogP contribution in [0.15, 0.2) is 35.3 Å². The topological polar surface area (TPSA) is 42.3 Å². The predicted molar refractivity (Wildman–Crippen MR) is 75.3 cm³/mol. The average molecular weight is 268 g/mol. The van der Waals surface area contributed by atoms with Gasteiger partial charge in [0.15, 0.2) is 11.6 Å². The number of fused-ring (bicyclic) bond motifs is 1. The number of ketones is 1. The maximum absolute atomic E-state index is 13.3. The number of carbonyl (C=O) groups is 1. The molecule has 0 unspecified atom stereocenters. The number of hydrogen-bond donors (Lipinski definition) is 0. The summed E-state index contributed by atoms with van der Waals surface area (Å²) < 4.78 is 13.3. The van der Waals surface area contributed by atoms with Gasteiger partial charge in [0.25, 0.3) is 0 Å². The molecule has 0 saturated heterocycles. The van der Waals surface area contributed by atoms with Crippen molar-refractivity contribution in [2.75, 3.05) is 0 Å². The SMILES string of the molecule is Cc1cc(C)c2c(n1)N=C(c1cccc(F)c1)CC2=O. The van der Waals surface area contributed by atoms with E-state index in [1.807, 2.05) is 19.9 Å². The Morgan fingerprint density at radius 3 is 2.75 bits per heavy atom. The molecule has 0 amide bonds. The van der Waals surface area contributed by atoms with Crippen molar-refractivity contribution in [3.8, 4) is 0 Å². The van der Waals surface area contributed by atoms with Crippen LogP contribution in [-0.2, 0) is 0 Å². The summed E-state index contributed by atoms with van der Waals surface area (Å²) in [6.07, 6.45) is 0.183. The van der Waals surface area contributed by atoms with Crippen molar-refractivity contribution in [1.29, 1.82) is 0 Å². The van der Waals surface area contributed by atoms with Gasteiger partial charge in [0.1, 0.15) is 5.82 Å². The minimum absolute atomic E-state index is 0.0146. The van der Waals surface area contributed by atoms with Gasteiger partial charge in [-0.25, -0.2) is 14.4 Å². The molecule has 4 heteroatoms. The molecular weight excluding hydrogens is 255 g/mol. The van der Waals surface area contributed by atoms with Gasteiger partial charge in [0, 0.05) is 5.69 Å². The summed E-state index contributed by atoms with van der Waals surface area (Å²) >= 11 is 0. The van der Waals surface area contributed by atoms with Crippen LogP contribution < -0.4 is 0 Å². The molecule has 3 nitrogen and oxygen atoms in total. The predicted octanol–water partition coefficient (Wildman–Crippen LogP) is 3.54. The molecule has 0 saturated carbocycles. The van der Waals surface area contributed by atoms with Crippen LogP contribution in [0.4, 0.5) is 10.2 Å². The lowest BCUT2D eigenvalue weighted by Crippen LogP contribution is -2.16. The molecule has 0 bridgehead atoms. The number of aliphatic imine (C=N–C) groups is 1. The third kappa shape index (κ3) is 2.13. The summed E-state index contributed by atoms with van der Waals surface area (Å²) in [5.74, 6) is 0.0918. The lowest BCUT2D eigenvalue weighted by atomic mass is 9.95. The highest BCUT2D eigenvalue weighted by molar-refractivity contribution is 6.20. The number of aryl methyl sites for hydroxylation is 2. The number of benzene rings is 1. The monoisotopic (exact) mass is 268 g/mol. The highest BCUT2D eigenvalue weighted by atomic mass is 19.1. The maximum Gasteiger partial charge on any atom is 0.172 e. The molecule has 3 rings (SSSR count). The van der Waals surface area contributed by atoms with E-state index >= 15 is 0 Å². The smallest absolute Gasteiger partial charge is 0.172 e. The van der Waals surface area contributed by atoms with Crippen LogP contribution in [0.3, 0.4) is 0 Å². The second kappa shape index (κ2) is 4.63. The van der Waals surface area contributed by atoms with Gasteiger partial charge in [-0.2, -0.15) is 0 Å². The average Bonchev–Trinajstić information content (AvgIpc) is 2.37. The van der Waals surface area contributed by atoms with E-state index in [9.17, 15) is 9.18 Å². The fourth-order valence-electron chi connectivity index (χ4n) is 2.49. The zero-order valence-electron chi connectivity index (χ0n) is 11.3. The number of hydrogen-bond acceptors (Lipinski definition) is 3. The Morgan fingerprint density at radius 1 is 1.20 bits per heavy atom. The lowest BCUT2D eigenvalue weighted by Gasteiger charge is -2.16. The maximum atomic E-state index is 13.3. The van der Waals surface area contributed by atoms with E-state index in [0.29, 0.717) is 22.7 Å². The number of pyridine rings is 1. The normalized spacial score (nSPS) is 13.9. The van der Waals surface area contributed by atoms with Crippen LogP contribution in [-0.4, -0.2) is 16.5 Å². The fraction of sp³-hybridized carbons (Fsp3) is 0.188.